The van der Waals surface area contributed by atoms with Crippen molar-refractivity contribution in [2.75, 3.05) is 0 Å². The summed E-state index contributed by atoms with van der Waals surface area (Å²) in [5, 5.41) is 1.28. The Labute approximate surface area is 141 Å². The monoisotopic (exact) mass is 313 g/mol. The summed E-state index contributed by atoms with van der Waals surface area (Å²) in [7, 11) is 0. The fourth-order valence-corrected chi connectivity index (χ4v) is 2.91. The second-order valence-corrected chi connectivity index (χ2v) is 5.92. The van der Waals surface area contributed by atoms with Crippen LogP contribution in [0, 0.1) is 0 Å². The topological polar surface area (TPSA) is 14.2 Å². The Morgan fingerprint density at radius 2 is 1.42 bits per heavy atom. The molecule has 0 unspecified atom stereocenters. The van der Waals surface area contributed by atoms with E-state index in [-0.39, 0.29) is 0 Å². The van der Waals surface area contributed by atoms with Crippen molar-refractivity contribution in [1.29, 1.82) is 0 Å². The number of hydrogen-bond donors (Lipinski definition) is 0. The van der Waals surface area contributed by atoms with Gasteiger partial charge in [-0.05, 0) is 40.8 Å². The van der Waals surface area contributed by atoms with Crippen LogP contribution in [0.2, 0.25) is 0 Å². The van der Waals surface area contributed by atoms with Crippen molar-refractivity contribution in [3.8, 4) is 5.75 Å². The molecule has 0 amide bonds. The lowest BCUT2D eigenvalue weighted by Crippen LogP contribution is -1.98. The fourth-order valence-electron chi connectivity index (χ4n) is 2.91. The molecule has 1 heterocycles. The molecule has 3 aromatic carbocycles. The van der Waals surface area contributed by atoms with Gasteiger partial charge >= 0.3 is 0 Å². The molecule has 24 heavy (non-hydrogen) atoms. The zero-order valence-electron chi connectivity index (χ0n) is 13.4. The van der Waals surface area contributed by atoms with Gasteiger partial charge in [0.2, 0.25) is 0 Å². The van der Waals surface area contributed by atoms with Crippen LogP contribution >= 0.6 is 0 Å². The summed E-state index contributed by atoms with van der Waals surface area (Å²) in [5.74, 6) is 0.903. The van der Waals surface area contributed by atoms with E-state index in [1.165, 1.54) is 22.0 Å². The Hall–Kier alpha value is -3.00. The van der Waals surface area contributed by atoms with Crippen LogP contribution in [-0.2, 0) is 13.2 Å². The van der Waals surface area contributed by atoms with Gasteiger partial charge in [0.05, 0.1) is 0 Å². The van der Waals surface area contributed by atoms with Crippen molar-refractivity contribution < 1.29 is 4.74 Å². The van der Waals surface area contributed by atoms with Crippen molar-refractivity contribution in [2.24, 2.45) is 0 Å². The molecule has 0 aliphatic carbocycles. The minimum Gasteiger partial charge on any atom is -0.489 e. The van der Waals surface area contributed by atoms with Crippen molar-refractivity contribution in [2.45, 2.75) is 13.2 Å². The molecule has 0 aliphatic heterocycles. The van der Waals surface area contributed by atoms with Gasteiger partial charge < -0.3 is 9.30 Å². The number of hydrogen-bond acceptors (Lipinski definition) is 1. The van der Waals surface area contributed by atoms with Crippen molar-refractivity contribution in [1.82, 2.24) is 4.57 Å². The van der Waals surface area contributed by atoms with Crippen molar-refractivity contribution >= 4 is 10.9 Å². The number of ether oxygens (including phenoxy) is 1. The normalized spacial score (nSPS) is 10.8. The smallest absolute Gasteiger partial charge is 0.119 e. The lowest BCUT2D eigenvalue weighted by atomic mass is 10.2. The van der Waals surface area contributed by atoms with Crippen LogP contribution in [0.15, 0.2) is 91.1 Å². The van der Waals surface area contributed by atoms with E-state index in [4.69, 9.17) is 4.74 Å². The van der Waals surface area contributed by atoms with E-state index in [0.29, 0.717) is 6.61 Å². The molecule has 1 aromatic heterocycles. The second kappa shape index (κ2) is 6.63. The van der Waals surface area contributed by atoms with Gasteiger partial charge in [0.1, 0.15) is 12.4 Å². The maximum absolute atomic E-state index is 5.85. The van der Waals surface area contributed by atoms with Crippen LogP contribution in [-0.4, -0.2) is 4.57 Å². The van der Waals surface area contributed by atoms with Gasteiger partial charge in [-0.25, -0.2) is 0 Å². The third-order valence-electron chi connectivity index (χ3n) is 4.20. The maximum atomic E-state index is 5.85. The number of nitrogens with zero attached hydrogens (tertiary/aromatic N) is 1. The third-order valence-corrected chi connectivity index (χ3v) is 4.20. The molecule has 0 saturated carbocycles. The summed E-state index contributed by atoms with van der Waals surface area (Å²) >= 11 is 0. The lowest BCUT2D eigenvalue weighted by molar-refractivity contribution is 0.306. The fraction of sp³-hybridized carbons (Fsp3) is 0.0909. The van der Waals surface area contributed by atoms with Crippen LogP contribution in [0.3, 0.4) is 0 Å². The molecule has 2 heteroatoms. The highest BCUT2D eigenvalue weighted by molar-refractivity contribution is 5.80. The summed E-state index contributed by atoms with van der Waals surface area (Å²) in [6.07, 6.45) is 2.14. The first-order chi connectivity index (χ1) is 11.9. The molecule has 4 rings (SSSR count). The highest BCUT2D eigenvalue weighted by atomic mass is 16.5. The highest BCUT2D eigenvalue weighted by Crippen LogP contribution is 2.19. The predicted molar refractivity (Wildman–Crippen MR) is 98.3 cm³/mol. The average Bonchev–Trinajstić information content (AvgIpc) is 3.05. The number of para-hydroxylation sites is 1. The number of benzene rings is 3. The molecule has 0 saturated heterocycles. The van der Waals surface area contributed by atoms with E-state index >= 15 is 0 Å². The number of aromatic nitrogens is 1. The Balaban J connectivity index is 1.44. The van der Waals surface area contributed by atoms with Crippen LogP contribution in [0.25, 0.3) is 10.9 Å². The number of rotatable bonds is 5. The van der Waals surface area contributed by atoms with Gasteiger partial charge in [-0.15, -0.1) is 0 Å². The SMILES string of the molecule is c1ccc(COc2ccc(Cn3ccc4ccccc43)cc2)cc1. The van der Waals surface area contributed by atoms with E-state index in [1.807, 2.05) is 30.3 Å². The first-order valence-corrected chi connectivity index (χ1v) is 8.18. The molecular weight excluding hydrogens is 294 g/mol. The molecule has 0 aliphatic rings. The van der Waals surface area contributed by atoms with Crippen LogP contribution in [0.5, 0.6) is 5.75 Å². The van der Waals surface area contributed by atoms with Gasteiger partial charge in [0.25, 0.3) is 0 Å². The Kier molecular flexibility index (Phi) is 4.03. The zero-order valence-corrected chi connectivity index (χ0v) is 13.4. The van der Waals surface area contributed by atoms with E-state index in [2.05, 4.69) is 65.4 Å². The minimum absolute atomic E-state index is 0.600. The van der Waals surface area contributed by atoms with E-state index < -0.39 is 0 Å². The summed E-state index contributed by atoms with van der Waals surface area (Å²) in [4.78, 5) is 0. The van der Waals surface area contributed by atoms with Crippen LogP contribution < -0.4 is 4.74 Å². The first-order valence-electron chi connectivity index (χ1n) is 8.18. The second-order valence-electron chi connectivity index (χ2n) is 5.92. The molecule has 0 radical (unpaired) electrons. The van der Waals surface area contributed by atoms with Gasteiger partial charge in [-0.3, -0.25) is 0 Å². The van der Waals surface area contributed by atoms with Gasteiger partial charge in [0, 0.05) is 18.3 Å². The Morgan fingerprint density at radius 1 is 0.667 bits per heavy atom. The highest BCUT2D eigenvalue weighted by Gasteiger charge is 2.02. The predicted octanol–water partition coefficient (Wildman–Crippen LogP) is 5.27. The van der Waals surface area contributed by atoms with Crippen molar-refractivity contribution in [3.63, 3.8) is 0 Å². The third kappa shape index (κ3) is 3.18. The summed E-state index contributed by atoms with van der Waals surface area (Å²) in [5.41, 5.74) is 3.71. The molecule has 0 spiro atoms. The zero-order chi connectivity index (χ0) is 16.2. The van der Waals surface area contributed by atoms with Crippen molar-refractivity contribution in [3.05, 3.63) is 102 Å². The largest absolute Gasteiger partial charge is 0.489 e. The molecular formula is C22H19NO. The summed E-state index contributed by atoms with van der Waals surface area (Å²) < 4.78 is 8.12. The Bertz CT molecular complexity index is 923. The Morgan fingerprint density at radius 3 is 2.25 bits per heavy atom. The summed E-state index contributed by atoms with van der Waals surface area (Å²) in [6.45, 7) is 1.47. The molecule has 0 bridgehead atoms. The van der Waals surface area contributed by atoms with E-state index in [1.54, 1.807) is 0 Å². The van der Waals surface area contributed by atoms with Crippen LogP contribution in [0.1, 0.15) is 11.1 Å². The number of fused-ring (bicyclic) bond motifs is 1. The lowest BCUT2D eigenvalue weighted by Gasteiger charge is -2.09. The molecule has 118 valence electrons. The quantitative estimate of drug-likeness (QED) is 0.489. The van der Waals surface area contributed by atoms with Gasteiger partial charge in [-0.2, -0.15) is 0 Å². The summed E-state index contributed by atoms with van der Waals surface area (Å²) in [6, 6.07) is 29.2. The molecule has 0 atom stereocenters. The molecule has 0 fully saturated rings. The van der Waals surface area contributed by atoms with Gasteiger partial charge in [-0.1, -0.05) is 60.7 Å². The van der Waals surface area contributed by atoms with Gasteiger partial charge in [0.15, 0.2) is 0 Å². The average molecular weight is 313 g/mol. The standard InChI is InChI=1S/C22H19NO/c1-2-6-19(7-3-1)17-24-21-12-10-18(11-13-21)16-23-15-14-20-8-4-5-9-22(20)23/h1-15H,16-17H2. The van der Waals surface area contributed by atoms with Crippen LogP contribution in [0.4, 0.5) is 0 Å². The van der Waals surface area contributed by atoms with E-state index in [0.717, 1.165) is 12.3 Å². The molecule has 0 N–H and O–H groups in total. The molecule has 4 aromatic rings. The first kappa shape index (κ1) is 14.6. The minimum atomic E-state index is 0.600. The maximum Gasteiger partial charge on any atom is 0.119 e. The van der Waals surface area contributed by atoms with E-state index in [9.17, 15) is 0 Å². The molecule has 2 nitrogen and oxygen atoms in total.